The summed E-state index contributed by atoms with van der Waals surface area (Å²) in [7, 11) is 0. The molecule has 2 atom stereocenters. The molecule has 2 aliphatic rings. The molecule has 1 aromatic rings. The van der Waals surface area contributed by atoms with Crippen LogP contribution in [0.1, 0.15) is 50.8 Å². The number of aliphatic hydroxyl groups excluding tert-OH is 1. The van der Waals surface area contributed by atoms with Gasteiger partial charge in [0.1, 0.15) is 17.5 Å². The third-order valence-corrected chi connectivity index (χ3v) is 4.54. The highest BCUT2D eigenvalue weighted by Crippen LogP contribution is 2.44. The molecule has 1 N–H and O–H groups in total. The normalized spacial score (nSPS) is 27.1. The van der Waals surface area contributed by atoms with Gasteiger partial charge in [0.25, 0.3) is 0 Å². The summed E-state index contributed by atoms with van der Waals surface area (Å²) >= 11 is 0. The standard InChI is InChI=1S/C18H23NO3/c1-4-6-12-8-9-14-13(11-12)16(17(21)18(2,3)22-14)19-10-5-7-15(19)20/h4,6,8-9,11,16-17,21H,5,7,10H2,1-3H3/b6-4+. The molecule has 0 aromatic heterocycles. The second-order valence-electron chi connectivity index (χ2n) is 6.58. The summed E-state index contributed by atoms with van der Waals surface area (Å²) in [6.07, 6.45) is 4.65. The van der Waals surface area contributed by atoms with Crippen LogP contribution in [0.15, 0.2) is 24.3 Å². The molecule has 4 heteroatoms. The molecule has 0 saturated carbocycles. The average Bonchev–Trinajstić information content (AvgIpc) is 2.87. The molecular weight excluding hydrogens is 278 g/mol. The molecule has 1 fully saturated rings. The van der Waals surface area contributed by atoms with E-state index in [4.69, 9.17) is 4.74 Å². The minimum atomic E-state index is -0.747. The first-order valence-electron chi connectivity index (χ1n) is 7.87. The molecule has 1 aromatic carbocycles. The monoisotopic (exact) mass is 301 g/mol. The number of allylic oxidation sites excluding steroid dienone is 1. The highest BCUT2D eigenvalue weighted by atomic mass is 16.5. The fourth-order valence-electron chi connectivity index (χ4n) is 3.38. The number of likely N-dealkylation sites (tertiary alicyclic amines) is 1. The molecule has 3 rings (SSSR count). The summed E-state index contributed by atoms with van der Waals surface area (Å²) in [6.45, 7) is 6.40. The highest BCUT2D eigenvalue weighted by Gasteiger charge is 2.47. The van der Waals surface area contributed by atoms with Crippen molar-refractivity contribution in [3.05, 3.63) is 35.4 Å². The molecule has 22 heavy (non-hydrogen) atoms. The van der Waals surface area contributed by atoms with Crippen LogP contribution < -0.4 is 4.74 Å². The smallest absolute Gasteiger partial charge is 0.223 e. The molecule has 0 spiro atoms. The van der Waals surface area contributed by atoms with Crippen LogP contribution in [0.3, 0.4) is 0 Å². The van der Waals surface area contributed by atoms with E-state index >= 15 is 0 Å². The molecule has 2 aliphatic heterocycles. The van der Waals surface area contributed by atoms with E-state index in [1.807, 2.05) is 56.0 Å². The second kappa shape index (κ2) is 5.43. The van der Waals surface area contributed by atoms with E-state index in [1.54, 1.807) is 0 Å². The molecule has 0 bridgehead atoms. The van der Waals surface area contributed by atoms with E-state index in [0.29, 0.717) is 13.0 Å². The van der Waals surface area contributed by atoms with Crippen molar-refractivity contribution in [1.29, 1.82) is 0 Å². The van der Waals surface area contributed by atoms with Crippen molar-refractivity contribution in [3.63, 3.8) is 0 Å². The maximum Gasteiger partial charge on any atom is 0.223 e. The number of amides is 1. The molecule has 118 valence electrons. The summed E-state index contributed by atoms with van der Waals surface area (Å²) in [6, 6.07) is 5.62. The van der Waals surface area contributed by atoms with Crippen LogP contribution in [0, 0.1) is 0 Å². The van der Waals surface area contributed by atoms with Gasteiger partial charge in [0.15, 0.2) is 0 Å². The molecule has 2 unspecified atom stereocenters. The first-order chi connectivity index (χ1) is 10.4. The third kappa shape index (κ3) is 2.41. The van der Waals surface area contributed by atoms with Gasteiger partial charge in [-0.2, -0.15) is 0 Å². The van der Waals surface area contributed by atoms with Gasteiger partial charge in [0.2, 0.25) is 5.91 Å². The number of ether oxygens (including phenoxy) is 1. The van der Waals surface area contributed by atoms with Crippen LogP contribution in [0.4, 0.5) is 0 Å². The summed E-state index contributed by atoms with van der Waals surface area (Å²) in [5.41, 5.74) is 1.23. The molecule has 1 saturated heterocycles. The van der Waals surface area contributed by atoms with Gasteiger partial charge in [-0.15, -0.1) is 0 Å². The molecule has 4 nitrogen and oxygen atoms in total. The zero-order valence-electron chi connectivity index (χ0n) is 13.4. The lowest BCUT2D eigenvalue weighted by Crippen LogP contribution is -2.53. The Kier molecular flexibility index (Phi) is 3.73. The Morgan fingerprint density at radius 2 is 2.18 bits per heavy atom. The van der Waals surface area contributed by atoms with Gasteiger partial charge in [-0.25, -0.2) is 0 Å². The van der Waals surface area contributed by atoms with Crippen molar-refractivity contribution < 1.29 is 14.6 Å². The van der Waals surface area contributed by atoms with Crippen LogP contribution in [-0.2, 0) is 4.79 Å². The maximum atomic E-state index is 12.2. The van der Waals surface area contributed by atoms with E-state index < -0.39 is 11.7 Å². The van der Waals surface area contributed by atoms with Crippen LogP contribution in [0.2, 0.25) is 0 Å². The summed E-state index contributed by atoms with van der Waals surface area (Å²) in [5, 5.41) is 10.8. The number of carbonyl (C=O) groups excluding carboxylic acids is 1. The van der Waals surface area contributed by atoms with Crippen LogP contribution in [0.25, 0.3) is 6.08 Å². The van der Waals surface area contributed by atoms with Crippen molar-refractivity contribution in [1.82, 2.24) is 4.90 Å². The predicted molar refractivity (Wildman–Crippen MR) is 85.6 cm³/mol. The van der Waals surface area contributed by atoms with Crippen LogP contribution in [-0.4, -0.2) is 34.2 Å². The highest BCUT2D eigenvalue weighted by molar-refractivity contribution is 5.79. The fraction of sp³-hybridized carbons (Fsp3) is 0.500. The Bertz CT molecular complexity index is 621. The van der Waals surface area contributed by atoms with Crippen LogP contribution >= 0.6 is 0 Å². The second-order valence-corrected chi connectivity index (χ2v) is 6.58. The Labute approximate surface area is 131 Å². The van der Waals surface area contributed by atoms with E-state index in [9.17, 15) is 9.90 Å². The number of benzene rings is 1. The quantitative estimate of drug-likeness (QED) is 0.913. The van der Waals surface area contributed by atoms with E-state index in [2.05, 4.69) is 0 Å². The number of aliphatic hydroxyl groups is 1. The summed E-state index contributed by atoms with van der Waals surface area (Å²) in [5.74, 6) is 0.873. The van der Waals surface area contributed by atoms with Gasteiger partial charge in [0, 0.05) is 18.5 Å². The zero-order chi connectivity index (χ0) is 15.9. The minimum Gasteiger partial charge on any atom is -0.485 e. The van der Waals surface area contributed by atoms with Crippen molar-refractivity contribution in [2.75, 3.05) is 6.54 Å². The Morgan fingerprint density at radius 1 is 1.41 bits per heavy atom. The van der Waals surface area contributed by atoms with Crippen molar-refractivity contribution in [3.8, 4) is 5.75 Å². The van der Waals surface area contributed by atoms with Gasteiger partial charge < -0.3 is 14.7 Å². The number of carbonyl (C=O) groups is 1. The number of nitrogens with zero attached hydrogens (tertiary/aromatic N) is 1. The minimum absolute atomic E-state index is 0.115. The Hall–Kier alpha value is -1.81. The van der Waals surface area contributed by atoms with Gasteiger partial charge >= 0.3 is 0 Å². The van der Waals surface area contributed by atoms with Crippen molar-refractivity contribution >= 4 is 12.0 Å². The van der Waals surface area contributed by atoms with Gasteiger partial charge in [0.05, 0.1) is 6.04 Å². The van der Waals surface area contributed by atoms with Crippen LogP contribution in [0.5, 0.6) is 5.75 Å². The molecule has 2 heterocycles. The maximum absolute atomic E-state index is 12.2. The number of hydrogen-bond acceptors (Lipinski definition) is 3. The average molecular weight is 301 g/mol. The Morgan fingerprint density at radius 3 is 2.82 bits per heavy atom. The first-order valence-corrected chi connectivity index (χ1v) is 7.87. The molecule has 1 amide bonds. The fourth-order valence-corrected chi connectivity index (χ4v) is 3.38. The number of hydrogen-bond donors (Lipinski definition) is 1. The van der Waals surface area contributed by atoms with Gasteiger partial charge in [-0.05, 0) is 44.9 Å². The van der Waals surface area contributed by atoms with Gasteiger partial charge in [-0.1, -0.05) is 18.2 Å². The largest absolute Gasteiger partial charge is 0.485 e. The lowest BCUT2D eigenvalue weighted by atomic mass is 9.85. The van der Waals surface area contributed by atoms with Crippen molar-refractivity contribution in [2.45, 2.75) is 51.4 Å². The SMILES string of the molecule is C/C=C/c1ccc2c(c1)C(N1CCCC1=O)C(O)C(C)(C)O2. The molecule has 0 radical (unpaired) electrons. The lowest BCUT2D eigenvalue weighted by molar-refractivity contribution is -0.139. The Balaban J connectivity index is 2.10. The van der Waals surface area contributed by atoms with E-state index in [-0.39, 0.29) is 11.9 Å². The molecular formula is C18H23NO3. The van der Waals surface area contributed by atoms with E-state index in [1.165, 1.54) is 0 Å². The lowest BCUT2D eigenvalue weighted by Gasteiger charge is -2.45. The van der Waals surface area contributed by atoms with Crippen molar-refractivity contribution in [2.24, 2.45) is 0 Å². The van der Waals surface area contributed by atoms with E-state index in [0.717, 1.165) is 23.3 Å². The van der Waals surface area contributed by atoms with Gasteiger partial charge in [-0.3, -0.25) is 4.79 Å². The summed E-state index contributed by atoms with van der Waals surface area (Å²) in [4.78, 5) is 14.0. The topological polar surface area (TPSA) is 49.8 Å². The number of rotatable bonds is 2. The number of fused-ring (bicyclic) bond motifs is 1. The zero-order valence-corrected chi connectivity index (χ0v) is 13.4. The predicted octanol–water partition coefficient (Wildman–Crippen LogP) is 2.92. The first kappa shape index (κ1) is 15.1. The molecule has 0 aliphatic carbocycles. The third-order valence-electron chi connectivity index (χ3n) is 4.54. The summed E-state index contributed by atoms with van der Waals surface area (Å²) < 4.78 is 5.98.